The maximum atomic E-state index is 12.7. The third-order valence-corrected chi connectivity index (χ3v) is 4.39. The fourth-order valence-electron chi connectivity index (χ4n) is 3.12. The molecule has 1 amide bonds. The number of piperidine rings is 1. The maximum Gasteiger partial charge on any atom is 0.257 e. The van der Waals surface area contributed by atoms with Gasteiger partial charge in [0.1, 0.15) is 11.8 Å². The van der Waals surface area contributed by atoms with E-state index in [2.05, 4.69) is 10.1 Å². The molecule has 0 aliphatic carbocycles. The Morgan fingerprint density at radius 3 is 2.78 bits per heavy atom. The Kier molecular flexibility index (Phi) is 3.37. The molecule has 1 saturated heterocycles. The summed E-state index contributed by atoms with van der Waals surface area (Å²) in [7, 11) is 0. The number of amides is 1. The average molecular weight is 311 g/mol. The van der Waals surface area contributed by atoms with E-state index < -0.39 is 0 Å². The molecule has 2 aromatic heterocycles. The van der Waals surface area contributed by atoms with Crippen molar-refractivity contribution in [2.24, 2.45) is 0 Å². The highest BCUT2D eigenvalue weighted by molar-refractivity contribution is 6.05. The number of aryl methyl sites for hydroxylation is 1. The third kappa shape index (κ3) is 2.50. The van der Waals surface area contributed by atoms with Crippen LogP contribution in [0.2, 0.25) is 0 Å². The monoisotopic (exact) mass is 311 g/mol. The molecular weight excluding hydrogens is 294 g/mol. The summed E-state index contributed by atoms with van der Waals surface area (Å²) in [5.41, 5.74) is 1.37. The zero-order valence-corrected chi connectivity index (χ0v) is 12.9. The molecular formula is C17H17N3O3. The highest BCUT2D eigenvalue weighted by atomic mass is 16.5. The van der Waals surface area contributed by atoms with E-state index in [1.807, 2.05) is 36.1 Å². The molecule has 1 aliphatic rings. The van der Waals surface area contributed by atoms with Crippen molar-refractivity contribution >= 4 is 16.9 Å². The SMILES string of the molecule is Cc1noc(C2CCN(C(=O)c3coc4ccccc34)CC2)n1. The summed E-state index contributed by atoms with van der Waals surface area (Å²) in [6.07, 6.45) is 3.23. The van der Waals surface area contributed by atoms with Gasteiger partial charge in [0, 0.05) is 24.4 Å². The van der Waals surface area contributed by atoms with E-state index in [0.717, 1.165) is 23.8 Å². The second-order valence-electron chi connectivity index (χ2n) is 5.89. The number of hydrogen-bond donors (Lipinski definition) is 0. The molecule has 0 N–H and O–H groups in total. The summed E-state index contributed by atoms with van der Waals surface area (Å²) in [5.74, 6) is 1.60. The highest BCUT2D eigenvalue weighted by Gasteiger charge is 2.28. The number of likely N-dealkylation sites (tertiary alicyclic amines) is 1. The minimum absolute atomic E-state index is 0.0232. The first kappa shape index (κ1) is 14.0. The molecule has 4 rings (SSSR count). The lowest BCUT2D eigenvalue weighted by Gasteiger charge is -2.30. The molecule has 6 heteroatoms. The summed E-state index contributed by atoms with van der Waals surface area (Å²) in [6.45, 7) is 3.19. The van der Waals surface area contributed by atoms with Gasteiger partial charge in [-0.3, -0.25) is 4.79 Å². The summed E-state index contributed by atoms with van der Waals surface area (Å²) in [5, 5.41) is 4.71. The second kappa shape index (κ2) is 5.53. The smallest absolute Gasteiger partial charge is 0.257 e. The number of para-hydroxylation sites is 1. The summed E-state index contributed by atoms with van der Waals surface area (Å²) < 4.78 is 10.7. The predicted molar refractivity (Wildman–Crippen MR) is 83.1 cm³/mol. The third-order valence-electron chi connectivity index (χ3n) is 4.39. The molecule has 1 aliphatic heterocycles. The van der Waals surface area contributed by atoms with Crippen molar-refractivity contribution in [3.8, 4) is 0 Å². The number of nitrogens with zero attached hydrogens (tertiary/aromatic N) is 3. The van der Waals surface area contributed by atoms with Gasteiger partial charge in [-0.15, -0.1) is 0 Å². The van der Waals surface area contributed by atoms with E-state index in [1.165, 1.54) is 0 Å². The molecule has 118 valence electrons. The van der Waals surface area contributed by atoms with Crippen LogP contribution >= 0.6 is 0 Å². The van der Waals surface area contributed by atoms with E-state index >= 15 is 0 Å². The largest absolute Gasteiger partial charge is 0.463 e. The number of benzene rings is 1. The molecule has 0 radical (unpaired) electrons. The number of rotatable bonds is 2. The molecule has 0 bridgehead atoms. The van der Waals surface area contributed by atoms with Gasteiger partial charge in [-0.25, -0.2) is 0 Å². The van der Waals surface area contributed by atoms with Crippen LogP contribution in [0.5, 0.6) is 0 Å². The predicted octanol–water partition coefficient (Wildman–Crippen LogP) is 3.14. The first-order valence-corrected chi connectivity index (χ1v) is 7.78. The minimum Gasteiger partial charge on any atom is -0.463 e. The standard InChI is InChI=1S/C17H17N3O3/c1-11-18-16(23-19-11)12-6-8-20(9-7-12)17(21)14-10-22-15-5-3-2-4-13(14)15/h2-5,10,12H,6-9H2,1H3. The Morgan fingerprint density at radius 2 is 2.04 bits per heavy atom. The zero-order chi connectivity index (χ0) is 15.8. The minimum atomic E-state index is 0.0232. The Labute approximate surface area is 133 Å². The number of hydrogen-bond acceptors (Lipinski definition) is 5. The van der Waals surface area contributed by atoms with Gasteiger partial charge in [-0.2, -0.15) is 4.98 Å². The molecule has 0 unspecified atom stereocenters. The zero-order valence-electron chi connectivity index (χ0n) is 12.9. The van der Waals surface area contributed by atoms with Gasteiger partial charge in [-0.05, 0) is 25.8 Å². The second-order valence-corrected chi connectivity index (χ2v) is 5.89. The molecule has 0 atom stereocenters. The van der Waals surface area contributed by atoms with Crippen molar-refractivity contribution in [2.45, 2.75) is 25.7 Å². The van der Waals surface area contributed by atoms with E-state index in [9.17, 15) is 4.79 Å². The molecule has 0 saturated carbocycles. The maximum absolute atomic E-state index is 12.7. The highest BCUT2D eigenvalue weighted by Crippen LogP contribution is 2.29. The van der Waals surface area contributed by atoms with Gasteiger partial charge >= 0.3 is 0 Å². The van der Waals surface area contributed by atoms with Crippen molar-refractivity contribution in [3.05, 3.63) is 47.8 Å². The molecule has 1 fully saturated rings. The number of carbonyl (C=O) groups is 1. The lowest BCUT2D eigenvalue weighted by molar-refractivity contribution is 0.0705. The molecule has 3 heterocycles. The van der Waals surface area contributed by atoms with Crippen LogP contribution in [0.15, 0.2) is 39.5 Å². The molecule has 1 aromatic carbocycles. The van der Waals surface area contributed by atoms with Crippen molar-refractivity contribution < 1.29 is 13.7 Å². The van der Waals surface area contributed by atoms with E-state index in [-0.39, 0.29) is 11.8 Å². The number of fused-ring (bicyclic) bond motifs is 1. The van der Waals surface area contributed by atoms with Crippen molar-refractivity contribution in [1.29, 1.82) is 0 Å². The number of carbonyl (C=O) groups excluding carboxylic acids is 1. The van der Waals surface area contributed by atoms with Crippen LogP contribution in [-0.2, 0) is 0 Å². The number of aromatic nitrogens is 2. The normalized spacial score (nSPS) is 16.1. The van der Waals surface area contributed by atoms with Gasteiger partial charge in [0.2, 0.25) is 5.89 Å². The first-order chi connectivity index (χ1) is 11.2. The van der Waals surface area contributed by atoms with Crippen molar-refractivity contribution in [1.82, 2.24) is 15.0 Å². The summed E-state index contributed by atoms with van der Waals surface area (Å²) in [6, 6.07) is 7.60. The topological polar surface area (TPSA) is 72.4 Å². The molecule has 23 heavy (non-hydrogen) atoms. The first-order valence-electron chi connectivity index (χ1n) is 7.78. The van der Waals surface area contributed by atoms with E-state index in [4.69, 9.17) is 8.94 Å². The van der Waals surface area contributed by atoms with Gasteiger partial charge in [-0.1, -0.05) is 23.4 Å². The van der Waals surface area contributed by atoms with Gasteiger partial charge < -0.3 is 13.8 Å². The summed E-state index contributed by atoms with van der Waals surface area (Å²) >= 11 is 0. The van der Waals surface area contributed by atoms with E-state index in [0.29, 0.717) is 30.4 Å². The van der Waals surface area contributed by atoms with E-state index in [1.54, 1.807) is 6.26 Å². The van der Waals surface area contributed by atoms with Crippen molar-refractivity contribution in [2.75, 3.05) is 13.1 Å². The molecule has 6 nitrogen and oxygen atoms in total. The fraction of sp³-hybridized carbons (Fsp3) is 0.353. The van der Waals surface area contributed by atoms with Crippen LogP contribution in [0.25, 0.3) is 11.0 Å². The fourth-order valence-corrected chi connectivity index (χ4v) is 3.12. The summed E-state index contributed by atoms with van der Waals surface area (Å²) in [4.78, 5) is 18.9. The van der Waals surface area contributed by atoms with Crippen LogP contribution in [0.4, 0.5) is 0 Å². The van der Waals surface area contributed by atoms with Gasteiger partial charge in [0.05, 0.1) is 5.56 Å². The average Bonchev–Trinajstić information content (AvgIpc) is 3.21. The lowest BCUT2D eigenvalue weighted by Crippen LogP contribution is -2.37. The van der Waals surface area contributed by atoms with Crippen LogP contribution in [0.1, 0.15) is 40.8 Å². The van der Waals surface area contributed by atoms with Crippen molar-refractivity contribution in [3.63, 3.8) is 0 Å². The quantitative estimate of drug-likeness (QED) is 0.727. The number of furan rings is 1. The van der Waals surface area contributed by atoms with Crippen LogP contribution < -0.4 is 0 Å². The lowest BCUT2D eigenvalue weighted by atomic mass is 9.96. The molecule has 3 aromatic rings. The Hall–Kier alpha value is -2.63. The van der Waals surface area contributed by atoms with Gasteiger partial charge in [0.15, 0.2) is 5.82 Å². The Morgan fingerprint density at radius 1 is 1.26 bits per heavy atom. The Bertz CT molecular complexity index is 844. The van der Waals surface area contributed by atoms with Crippen LogP contribution in [0, 0.1) is 6.92 Å². The Balaban J connectivity index is 1.49. The van der Waals surface area contributed by atoms with Crippen LogP contribution in [-0.4, -0.2) is 34.0 Å². The van der Waals surface area contributed by atoms with Gasteiger partial charge in [0.25, 0.3) is 5.91 Å². The molecule has 0 spiro atoms. The van der Waals surface area contributed by atoms with Crippen LogP contribution in [0.3, 0.4) is 0 Å².